The van der Waals surface area contributed by atoms with Gasteiger partial charge in [0.25, 0.3) is 5.91 Å². The van der Waals surface area contributed by atoms with Crippen LogP contribution >= 0.6 is 0 Å². The Morgan fingerprint density at radius 1 is 1.60 bits per heavy atom. The van der Waals surface area contributed by atoms with Crippen LogP contribution in [-0.4, -0.2) is 17.5 Å². The lowest BCUT2D eigenvalue weighted by atomic mass is 10.3. The van der Waals surface area contributed by atoms with Crippen LogP contribution in [0.15, 0.2) is 11.6 Å². The van der Waals surface area contributed by atoms with E-state index >= 15 is 0 Å². The molecule has 0 aliphatic rings. The summed E-state index contributed by atoms with van der Waals surface area (Å²) in [5, 5.41) is 1.17. The summed E-state index contributed by atoms with van der Waals surface area (Å²) in [6.45, 7) is 6.10. The van der Waals surface area contributed by atoms with Crippen molar-refractivity contribution in [1.82, 2.24) is 5.01 Å². The number of carbonyl (C=O) groups is 1. The molecule has 58 valence electrons. The quantitative estimate of drug-likeness (QED) is 0.266. The van der Waals surface area contributed by atoms with Crippen LogP contribution < -0.4 is 5.84 Å². The van der Waals surface area contributed by atoms with Crippen LogP contribution in [0, 0.1) is 0 Å². The van der Waals surface area contributed by atoms with E-state index in [-0.39, 0.29) is 5.91 Å². The topological polar surface area (TPSA) is 46.3 Å². The molecule has 0 radical (unpaired) electrons. The van der Waals surface area contributed by atoms with Crippen LogP contribution in [0.4, 0.5) is 0 Å². The molecule has 3 nitrogen and oxygen atoms in total. The molecule has 0 spiro atoms. The molecule has 0 saturated carbocycles. The van der Waals surface area contributed by atoms with Crippen LogP contribution in [0.25, 0.3) is 0 Å². The first-order chi connectivity index (χ1) is 4.57. The maximum Gasteiger partial charge on any atom is 0.260 e. The lowest BCUT2D eigenvalue weighted by molar-refractivity contribution is -0.126. The summed E-state index contributed by atoms with van der Waals surface area (Å²) in [6.07, 6.45) is 1.52. The van der Waals surface area contributed by atoms with Gasteiger partial charge in [0.1, 0.15) is 0 Å². The summed E-state index contributed by atoms with van der Waals surface area (Å²) < 4.78 is 0. The minimum Gasteiger partial charge on any atom is -0.277 e. The maximum absolute atomic E-state index is 10.9. The van der Waals surface area contributed by atoms with Crippen LogP contribution in [0.5, 0.6) is 0 Å². The zero-order chi connectivity index (χ0) is 8.15. The van der Waals surface area contributed by atoms with E-state index in [0.29, 0.717) is 6.54 Å². The van der Waals surface area contributed by atoms with Gasteiger partial charge >= 0.3 is 0 Å². The fourth-order valence-electron chi connectivity index (χ4n) is 0.486. The van der Waals surface area contributed by atoms with Gasteiger partial charge in [0.2, 0.25) is 0 Å². The molecule has 0 bridgehead atoms. The van der Waals surface area contributed by atoms with Crippen molar-refractivity contribution >= 4 is 5.91 Å². The molecule has 0 aromatic heterocycles. The number of amides is 1. The fourth-order valence-corrected chi connectivity index (χ4v) is 0.486. The van der Waals surface area contributed by atoms with Crippen molar-refractivity contribution in [2.24, 2.45) is 5.84 Å². The number of likely N-dealkylation sites (N-methyl/N-ethyl adjacent to an activating group) is 1. The standard InChI is InChI=1S/C7H14N2O/c1-4-9(8)7(10)5-6(2)3/h5H,4,8H2,1-3H3. The second-order valence-electron chi connectivity index (χ2n) is 2.35. The van der Waals surface area contributed by atoms with E-state index in [2.05, 4.69) is 0 Å². The predicted molar refractivity (Wildman–Crippen MR) is 41.0 cm³/mol. The zero-order valence-corrected chi connectivity index (χ0v) is 6.72. The van der Waals surface area contributed by atoms with Gasteiger partial charge in [-0.2, -0.15) is 0 Å². The minimum absolute atomic E-state index is 0.137. The minimum atomic E-state index is -0.137. The van der Waals surface area contributed by atoms with E-state index in [4.69, 9.17) is 5.84 Å². The summed E-state index contributed by atoms with van der Waals surface area (Å²) in [5.41, 5.74) is 0.967. The van der Waals surface area contributed by atoms with Crippen molar-refractivity contribution in [3.8, 4) is 0 Å². The largest absolute Gasteiger partial charge is 0.277 e. The highest BCUT2D eigenvalue weighted by Crippen LogP contribution is 1.90. The average molecular weight is 142 g/mol. The predicted octanol–water partition coefficient (Wildman–Crippen LogP) is 0.675. The van der Waals surface area contributed by atoms with E-state index in [1.54, 1.807) is 0 Å². The van der Waals surface area contributed by atoms with Gasteiger partial charge in [0.05, 0.1) is 0 Å². The number of allylic oxidation sites excluding steroid dienone is 1. The number of hydrogen-bond donors (Lipinski definition) is 1. The van der Waals surface area contributed by atoms with Crippen molar-refractivity contribution in [1.29, 1.82) is 0 Å². The second-order valence-corrected chi connectivity index (χ2v) is 2.35. The number of carbonyl (C=O) groups excluding carboxylic acids is 1. The summed E-state index contributed by atoms with van der Waals surface area (Å²) >= 11 is 0. The van der Waals surface area contributed by atoms with Crippen LogP contribution in [0.3, 0.4) is 0 Å². The van der Waals surface area contributed by atoms with E-state index < -0.39 is 0 Å². The Balaban J connectivity index is 3.97. The van der Waals surface area contributed by atoms with Gasteiger partial charge in [-0.1, -0.05) is 5.57 Å². The molecule has 0 aliphatic heterocycles. The molecule has 0 heterocycles. The molecule has 0 rings (SSSR count). The van der Waals surface area contributed by atoms with E-state index in [0.717, 1.165) is 5.57 Å². The molecular weight excluding hydrogens is 128 g/mol. The van der Waals surface area contributed by atoms with Gasteiger partial charge in [-0.25, -0.2) is 5.84 Å². The first-order valence-corrected chi connectivity index (χ1v) is 3.29. The monoisotopic (exact) mass is 142 g/mol. The summed E-state index contributed by atoms with van der Waals surface area (Å²) in [6, 6.07) is 0. The SMILES string of the molecule is CCN(N)C(=O)C=C(C)C. The Labute approximate surface area is 61.5 Å². The number of nitrogens with zero attached hydrogens (tertiary/aromatic N) is 1. The van der Waals surface area contributed by atoms with Gasteiger partial charge in [-0.15, -0.1) is 0 Å². The molecule has 0 atom stereocenters. The Kier molecular flexibility index (Phi) is 3.72. The molecule has 1 amide bonds. The average Bonchev–Trinajstić information content (AvgIpc) is 1.85. The van der Waals surface area contributed by atoms with Gasteiger partial charge in [0.15, 0.2) is 0 Å². The second kappa shape index (κ2) is 4.06. The Bertz CT molecular complexity index is 148. The zero-order valence-electron chi connectivity index (χ0n) is 6.72. The highest BCUT2D eigenvalue weighted by atomic mass is 16.2. The molecule has 3 heteroatoms. The van der Waals surface area contributed by atoms with Gasteiger partial charge in [-0.05, 0) is 20.8 Å². The van der Waals surface area contributed by atoms with Crippen molar-refractivity contribution < 1.29 is 4.79 Å². The Morgan fingerprint density at radius 2 is 2.10 bits per heavy atom. The van der Waals surface area contributed by atoms with Crippen molar-refractivity contribution in [2.45, 2.75) is 20.8 Å². The first kappa shape index (κ1) is 9.17. The van der Waals surface area contributed by atoms with E-state index in [1.807, 2.05) is 20.8 Å². The van der Waals surface area contributed by atoms with E-state index in [1.165, 1.54) is 11.1 Å². The normalized spacial score (nSPS) is 8.80. The number of nitrogens with two attached hydrogens (primary N) is 1. The molecule has 0 saturated heterocycles. The fraction of sp³-hybridized carbons (Fsp3) is 0.571. The first-order valence-electron chi connectivity index (χ1n) is 3.29. The lowest BCUT2D eigenvalue weighted by Crippen LogP contribution is -2.35. The smallest absolute Gasteiger partial charge is 0.260 e. The Morgan fingerprint density at radius 3 is 2.40 bits per heavy atom. The third-order valence-corrected chi connectivity index (χ3v) is 1.04. The molecule has 2 N–H and O–H groups in total. The number of hydrazine groups is 1. The molecular formula is C7H14N2O. The maximum atomic E-state index is 10.9. The van der Waals surface area contributed by atoms with Gasteiger partial charge in [-0.3, -0.25) is 9.80 Å². The van der Waals surface area contributed by atoms with Crippen molar-refractivity contribution in [2.75, 3.05) is 6.54 Å². The highest BCUT2D eigenvalue weighted by Gasteiger charge is 2.00. The Hall–Kier alpha value is -0.830. The van der Waals surface area contributed by atoms with E-state index in [9.17, 15) is 4.79 Å². The van der Waals surface area contributed by atoms with Crippen molar-refractivity contribution in [3.05, 3.63) is 11.6 Å². The molecule has 0 aromatic rings. The molecule has 10 heavy (non-hydrogen) atoms. The van der Waals surface area contributed by atoms with Crippen LogP contribution in [0.2, 0.25) is 0 Å². The molecule has 0 unspecified atom stereocenters. The molecule has 0 aromatic carbocycles. The third kappa shape index (κ3) is 3.25. The third-order valence-electron chi connectivity index (χ3n) is 1.04. The van der Waals surface area contributed by atoms with Gasteiger partial charge < -0.3 is 0 Å². The summed E-state index contributed by atoms with van der Waals surface area (Å²) in [4.78, 5) is 10.9. The number of hydrogen-bond acceptors (Lipinski definition) is 2. The molecule has 0 aliphatic carbocycles. The van der Waals surface area contributed by atoms with Crippen LogP contribution in [-0.2, 0) is 4.79 Å². The lowest BCUT2D eigenvalue weighted by Gasteiger charge is -2.10. The number of rotatable bonds is 2. The molecule has 0 fully saturated rings. The summed E-state index contributed by atoms with van der Waals surface area (Å²) in [7, 11) is 0. The highest BCUT2D eigenvalue weighted by molar-refractivity contribution is 5.87. The van der Waals surface area contributed by atoms with Crippen LogP contribution in [0.1, 0.15) is 20.8 Å². The summed E-state index contributed by atoms with van der Waals surface area (Å²) in [5.74, 6) is 5.17. The van der Waals surface area contributed by atoms with Gasteiger partial charge in [0, 0.05) is 12.6 Å². The van der Waals surface area contributed by atoms with Crippen molar-refractivity contribution in [3.63, 3.8) is 0 Å².